The van der Waals surface area contributed by atoms with E-state index in [0.29, 0.717) is 5.92 Å². The third-order valence-electron chi connectivity index (χ3n) is 4.33. The van der Waals surface area contributed by atoms with Gasteiger partial charge in [0.05, 0.1) is 10.6 Å². The Kier molecular flexibility index (Phi) is 5.12. The van der Waals surface area contributed by atoms with Crippen LogP contribution >= 0.6 is 0 Å². The molecule has 6 heteroatoms. The first-order valence-corrected chi connectivity index (χ1v) is 7.44. The molecule has 116 valence electrons. The van der Waals surface area contributed by atoms with Crippen LogP contribution in [0.4, 0.5) is 15.8 Å². The monoisotopic (exact) mass is 295 g/mol. The van der Waals surface area contributed by atoms with E-state index in [4.69, 9.17) is 0 Å². The van der Waals surface area contributed by atoms with E-state index in [-0.39, 0.29) is 17.4 Å². The smallest absolute Gasteiger partial charge is 0.271 e. The van der Waals surface area contributed by atoms with E-state index in [0.717, 1.165) is 38.5 Å². The first-order chi connectivity index (χ1) is 10.0. The van der Waals surface area contributed by atoms with Gasteiger partial charge >= 0.3 is 0 Å². The first kappa shape index (κ1) is 15.7. The van der Waals surface area contributed by atoms with Crippen LogP contribution in [0.1, 0.15) is 26.7 Å². The summed E-state index contributed by atoms with van der Waals surface area (Å²) in [6, 6.07) is 3.70. The average Bonchev–Trinajstić information content (AvgIpc) is 2.49. The van der Waals surface area contributed by atoms with E-state index < -0.39 is 10.7 Å². The lowest BCUT2D eigenvalue weighted by molar-refractivity contribution is -0.384. The molecule has 0 radical (unpaired) electrons. The Hall–Kier alpha value is -1.69. The lowest BCUT2D eigenvalue weighted by Gasteiger charge is -2.34. The van der Waals surface area contributed by atoms with Gasteiger partial charge in [-0.3, -0.25) is 10.1 Å². The number of hydrogen-bond donors (Lipinski definition) is 1. The summed E-state index contributed by atoms with van der Waals surface area (Å²) in [5, 5.41) is 13.9. The molecule has 1 heterocycles. The molecule has 0 bridgehead atoms. The summed E-state index contributed by atoms with van der Waals surface area (Å²) in [7, 11) is 0. The molecule has 1 aliphatic heterocycles. The number of benzene rings is 1. The molecular weight excluding hydrogens is 273 g/mol. The minimum Gasteiger partial charge on any atom is -0.380 e. The van der Waals surface area contributed by atoms with Crippen molar-refractivity contribution in [2.24, 2.45) is 5.92 Å². The van der Waals surface area contributed by atoms with E-state index in [9.17, 15) is 14.5 Å². The quantitative estimate of drug-likeness (QED) is 0.669. The van der Waals surface area contributed by atoms with Gasteiger partial charge in [-0.1, -0.05) is 6.92 Å². The number of nitrogens with one attached hydrogen (secondary N) is 1. The van der Waals surface area contributed by atoms with Gasteiger partial charge in [0.2, 0.25) is 0 Å². The van der Waals surface area contributed by atoms with Gasteiger partial charge in [0.1, 0.15) is 5.82 Å². The van der Waals surface area contributed by atoms with Crippen molar-refractivity contribution in [3.63, 3.8) is 0 Å². The molecule has 1 atom stereocenters. The van der Waals surface area contributed by atoms with Crippen molar-refractivity contribution in [3.05, 3.63) is 34.1 Å². The maximum absolute atomic E-state index is 13.8. The highest BCUT2D eigenvalue weighted by Gasteiger charge is 2.24. The zero-order valence-corrected chi connectivity index (χ0v) is 12.5. The number of hydrogen-bond acceptors (Lipinski definition) is 4. The molecule has 1 saturated heterocycles. The number of nitro benzene ring substituents is 1. The summed E-state index contributed by atoms with van der Waals surface area (Å²) in [5.41, 5.74) is 0.126. The molecular formula is C15H22FN3O2. The Bertz CT molecular complexity index is 502. The molecule has 0 saturated carbocycles. The molecule has 1 aromatic rings. The number of anilines is 1. The standard InChI is InChI=1S/C15H22FN3O2/c1-3-18-8-6-12(7-9-18)11(2)17-15-10-13(19(20)21)4-5-14(15)16/h4-5,10-12,17H,3,6-9H2,1-2H3. The molecule has 0 aliphatic carbocycles. The van der Waals surface area contributed by atoms with Crippen LogP contribution < -0.4 is 5.32 Å². The Labute approximate surface area is 124 Å². The van der Waals surface area contributed by atoms with Gasteiger partial charge in [-0.25, -0.2) is 4.39 Å². The van der Waals surface area contributed by atoms with Gasteiger partial charge in [0.25, 0.3) is 5.69 Å². The minimum atomic E-state index is -0.505. The number of halogens is 1. The van der Waals surface area contributed by atoms with E-state index in [1.807, 2.05) is 6.92 Å². The number of rotatable bonds is 5. The van der Waals surface area contributed by atoms with Gasteiger partial charge in [0.15, 0.2) is 0 Å². The number of likely N-dealkylation sites (tertiary alicyclic amines) is 1. The number of nitro groups is 1. The summed E-state index contributed by atoms with van der Waals surface area (Å²) in [6.07, 6.45) is 2.14. The van der Waals surface area contributed by atoms with Crippen molar-refractivity contribution in [2.75, 3.05) is 25.0 Å². The second-order valence-corrected chi connectivity index (χ2v) is 5.63. The zero-order chi connectivity index (χ0) is 15.4. The van der Waals surface area contributed by atoms with Crippen LogP contribution in [-0.2, 0) is 0 Å². The van der Waals surface area contributed by atoms with E-state index in [1.165, 1.54) is 12.1 Å². The van der Waals surface area contributed by atoms with Crippen LogP contribution in [-0.4, -0.2) is 35.5 Å². The van der Waals surface area contributed by atoms with E-state index >= 15 is 0 Å². The Morgan fingerprint density at radius 2 is 2.14 bits per heavy atom. The summed E-state index contributed by atoms with van der Waals surface area (Å²) in [6.45, 7) is 7.36. The lowest BCUT2D eigenvalue weighted by atomic mass is 9.90. The third kappa shape index (κ3) is 3.91. The zero-order valence-electron chi connectivity index (χ0n) is 12.5. The highest BCUT2D eigenvalue weighted by Crippen LogP contribution is 2.26. The van der Waals surface area contributed by atoms with Crippen molar-refractivity contribution in [2.45, 2.75) is 32.7 Å². The predicted octanol–water partition coefficient (Wildman–Crippen LogP) is 3.27. The highest BCUT2D eigenvalue weighted by molar-refractivity contribution is 5.52. The molecule has 5 nitrogen and oxygen atoms in total. The van der Waals surface area contributed by atoms with Gasteiger partial charge < -0.3 is 10.2 Å². The molecule has 2 rings (SSSR count). The maximum Gasteiger partial charge on any atom is 0.271 e. The first-order valence-electron chi connectivity index (χ1n) is 7.44. The topological polar surface area (TPSA) is 58.4 Å². The summed E-state index contributed by atoms with van der Waals surface area (Å²) in [5.74, 6) is 0.0184. The van der Waals surface area contributed by atoms with E-state index in [2.05, 4.69) is 17.1 Å². The molecule has 1 fully saturated rings. The minimum absolute atomic E-state index is 0.0908. The molecule has 0 spiro atoms. The molecule has 0 aromatic heterocycles. The largest absolute Gasteiger partial charge is 0.380 e. The number of nitrogens with zero attached hydrogens (tertiary/aromatic N) is 2. The van der Waals surface area contributed by atoms with Crippen molar-refractivity contribution in [1.29, 1.82) is 0 Å². The normalized spacial score (nSPS) is 18.4. The number of piperidine rings is 1. The van der Waals surface area contributed by atoms with Crippen molar-refractivity contribution >= 4 is 11.4 Å². The van der Waals surface area contributed by atoms with Crippen molar-refractivity contribution in [1.82, 2.24) is 4.90 Å². The van der Waals surface area contributed by atoms with Crippen LogP contribution in [0.2, 0.25) is 0 Å². The van der Waals surface area contributed by atoms with Crippen molar-refractivity contribution < 1.29 is 9.31 Å². The fraction of sp³-hybridized carbons (Fsp3) is 0.600. The molecule has 1 N–H and O–H groups in total. The molecule has 1 aromatic carbocycles. The van der Waals surface area contributed by atoms with Crippen LogP contribution in [0.5, 0.6) is 0 Å². The fourth-order valence-electron chi connectivity index (χ4n) is 2.87. The summed E-state index contributed by atoms with van der Waals surface area (Å²) in [4.78, 5) is 12.7. The lowest BCUT2D eigenvalue weighted by Crippen LogP contribution is -2.39. The fourth-order valence-corrected chi connectivity index (χ4v) is 2.87. The Balaban J connectivity index is 2.01. The second kappa shape index (κ2) is 6.85. The number of non-ortho nitro benzene ring substituents is 1. The van der Waals surface area contributed by atoms with Gasteiger partial charge in [-0.2, -0.15) is 0 Å². The second-order valence-electron chi connectivity index (χ2n) is 5.63. The van der Waals surface area contributed by atoms with Crippen molar-refractivity contribution in [3.8, 4) is 0 Å². The maximum atomic E-state index is 13.8. The third-order valence-corrected chi connectivity index (χ3v) is 4.33. The summed E-state index contributed by atoms with van der Waals surface area (Å²) < 4.78 is 13.8. The predicted molar refractivity (Wildman–Crippen MR) is 81.0 cm³/mol. The van der Waals surface area contributed by atoms with Crippen LogP contribution in [0.25, 0.3) is 0 Å². The molecule has 1 unspecified atom stereocenters. The Morgan fingerprint density at radius 3 is 2.71 bits per heavy atom. The summed E-state index contributed by atoms with van der Waals surface area (Å²) >= 11 is 0. The van der Waals surface area contributed by atoms with Crippen LogP contribution in [0.3, 0.4) is 0 Å². The van der Waals surface area contributed by atoms with Gasteiger partial charge in [0, 0.05) is 18.2 Å². The highest BCUT2D eigenvalue weighted by atomic mass is 19.1. The van der Waals surface area contributed by atoms with Crippen LogP contribution in [0, 0.1) is 21.8 Å². The van der Waals surface area contributed by atoms with Crippen LogP contribution in [0.15, 0.2) is 18.2 Å². The SMILES string of the molecule is CCN1CCC(C(C)Nc2cc([N+](=O)[O-])ccc2F)CC1. The molecule has 21 heavy (non-hydrogen) atoms. The van der Waals surface area contributed by atoms with Gasteiger partial charge in [-0.05, 0) is 51.4 Å². The van der Waals surface area contributed by atoms with E-state index in [1.54, 1.807) is 0 Å². The Morgan fingerprint density at radius 1 is 1.48 bits per heavy atom. The van der Waals surface area contributed by atoms with Gasteiger partial charge in [-0.15, -0.1) is 0 Å². The molecule has 0 amide bonds. The average molecular weight is 295 g/mol. The molecule has 1 aliphatic rings.